The van der Waals surface area contributed by atoms with E-state index in [2.05, 4.69) is 35.1 Å². The maximum Gasteiger partial charge on any atom is 0.287 e. The van der Waals surface area contributed by atoms with Crippen LogP contribution in [0.3, 0.4) is 0 Å². The van der Waals surface area contributed by atoms with E-state index in [9.17, 15) is 4.79 Å². The molecular formula is C13H16BrNO3. The highest BCUT2D eigenvalue weighted by Gasteiger charge is 2.23. The topological polar surface area (TPSA) is 47.6 Å². The van der Waals surface area contributed by atoms with Gasteiger partial charge < -0.3 is 14.8 Å². The van der Waals surface area contributed by atoms with Crippen LogP contribution in [0.4, 0.5) is 4.79 Å². The SMILES string of the molecule is CC(C)(CNC(=O)Br)c1ccc2c(c1)OCCO2. The van der Waals surface area contributed by atoms with E-state index in [1.807, 2.05) is 18.2 Å². The summed E-state index contributed by atoms with van der Waals surface area (Å²) >= 11 is 2.86. The molecule has 0 unspecified atom stereocenters. The molecule has 1 amide bonds. The molecule has 18 heavy (non-hydrogen) atoms. The summed E-state index contributed by atoms with van der Waals surface area (Å²) in [5.74, 6) is 1.56. The maximum absolute atomic E-state index is 10.9. The molecule has 4 nitrogen and oxygen atoms in total. The third kappa shape index (κ3) is 2.96. The summed E-state index contributed by atoms with van der Waals surface area (Å²) in [6, 6.07) is 5.91. The van der Waals surface area contributed by atoms with Gasteiger partial charge in [0.2, 0.25) is 0 Å². The highest BCUT2D eigenvalue weighted by Crippen LogP contribution is 2.34. The van der Waals surface area contributed by atoms with Crippen LogP contribution >= 0.6 is 15.9 Å². The van der Waals surface area contributed by atoms with Gasteiger partial charge >= 0.3 is 0 Å². The smallest absolute Gasteiger partial charge is 0.287 e. The van der Waals surface area contributed by atoms with Crippen LogP contribution in [-0.4, -0.2) is 24.6 Å². The zero-order valence-corrected chi connectivity index (χ0v) is 12.0. The van der Waals surface area contributed by atoms with E-state index in [1.165, 1.54) is 0 Å². The van der Waals surface area contributed by atoms with Gasteiger partial charge in [0.25, 0.3) is 4.82 Å². The number of amides is 1. The Balaban J connectivity index is 2.19. The molecule has 0 fully saturated rings. The Labute approximate surface area is 115 Å². The van der Waals surface area contributed by atoms with Crippen molar-refractivity contribution >= 4 is 20.7 Å². The summed E-state index contributed by atoms with van der Waals surface area (Å²) in [4.78, 5) is 10.7. The lowest BCUT2D eigenvalue weighted by Gasteiger charge is -2.27. The largest absolute Gasteiger partial charge is 0.486 e. The fourth-order valence-electron chi connectivity index (χ4n) is 1.86. The average molecular weight is 314 g/mol. The van der Waals surface area contributed by atoms with Crippen molar-refractivity contribution in [2.24, 2.45) is 0 Å². The molecule has 1 aliphatic rings. The fraction of sp³-hybridized carbons (Fsp3) is 0.462. The lowest BCUT2D eigenvalue weighted by Crippen LogP contribution is -2.34. The van der Waals surface area contributed by atoms with Crippen molar-refractivity contribution in [3.05, 3.63) is 23.8 Å². The molecule has 2 rings (SSSR count). The third-order valence-corrected chi connectivity index (χ3v) is 3.27. The van der Waals surface area contributed by atoms with E-state index in [0.717, 1.165) is 17.1 Å². The van der Waals surface area contributed by atoms with Crippen molar-refractivity contribution in [2.75, 3.05) is 19.8 Å². The van der Waals surface area contributed by atoms with E-state index in [4.69, 9.17) is 9.47 Å². The molecule has 0 bridgehead atoms. The van der Waals surface area contributed by atoms with Gasteiger partial charge in [0.1, 0.15) is 13.2 Å². The van der Waals surface area contributed by atoms with Gasteiger partial charge in [0.05, 0.1) is 0 Å². The Morgan fingerprint density at radius 3 is 2.67 bits per heavy atom. The minimum Gasteiger partial charge on any atom is -0.486 e. The summed E-state index contributed by atoms with van der Waals surface area (Å²) in [6.45, 7) is 5.86. The van der Waals surface area contributed by atoms with Gasteiger partial charge in [0, 0.05) is 27.9 Å². The van der Waals surface area contributed by atoms with Gasteiger partial charge in [-0.1, -0.05) is 19.9 Å². The van der Waals surface area contributed by atoms with Crippen molar-refractivity contribution in [1.82, 2.24) is 5.32 Å². The Morgan fingerprint density at radius 2 is 2.00 bits per heavy atom. The second-order valence-corrected chi connectivity index (χ2v) is 5.59. The first kappa shape index (κ1) is 13.2. The quantitative estimate of drug-likeness (QED) is 0.689. The molecule has 0 atom stereocenters. The van der Waals surface area contributed by atoms with E-state index in [0.29, 0.717) is 19.8 Å². The molecule has 1 aliphatic heterocycles. The van der Waals surface area contributed by atoms with Crippen molar-refractivity contribution in [1.29, 1.82) is 0 Å². The number of ether oxygens (including phenoxy) is 2. The number of carbonyl (C=O) groups excluding carboxylic acids is 1. The third-order valence-electron chi connectivity index (χ3n) is 2.99. The summed E-state index contributed by atoms with van der Waals surface area (Å²) in [5.41, 5.74) is 0.937. The minimum atomic E-state index is -0.201. The summed E-state index contributed by atoms with van der Waals surface area (Å²) in [5, 5.41) is 2.77. The fourth-order valence-corrected chi connectivity index (χ4v) is 2.00. The number of hydrogen-bond donors (Lipinski definition) is 1. The van der Waals surface area contributed by atoms with Crippen LogP contribution in [0.2, 0.25) is 0 Å². The average Bonchev–Trinajstić information content (AvgIpc) is 2.36. The van der Waals surface area contributed by atoms with Crippen LogP contribution in [0.15, 0.2) is 18.2 Å². The molecule has 0 saturated heterocycles. The number of hydrogen-bond acceptors (Lipinski definition) is 3. The maximum atomic E-state index is 10.9. The lowest BCUT2D eigenvalue weighted by molar-refractivity contribution is 0.171. The number of halogens is 1. The molecule has 0 aliphatic carbocycles. The zero-order chi connectivity index (χ0) is 13.2. The minimum absolute atomic E-state index is 0.167. The van der Waals surface area contributed by atoms with Crippen LogP contribution in [-0.2, 0) is 5.41 Å². The molecule has 1 N–H and O–H groups in total. The van der Waals surface area contributed by atoms with Crippen molar-refractivity contribution in [2.45, 2.75) is 19.3 Å². The first-order valence-corrected chi connectivity index (χ1v) is 6.62. The van der Waals surface area contributed by atoms with E-state index in [-0.39, 0.29) is 10.2 Å². The van der Waals surface area contributed by atoms with Gasteiger partial charge in [-0.05, 0) is 17.7 Å². The molecular weight excluding hydrogens is 298 g/mol. The normalized spacial score (nSPS) is 14.2. The molecule has 1 aromatic rings. The van der Waals surface area contributed by atoms with E-state index in [1.54, 1.807) is 0 Å². The molecule has 0 saturated carbocycles. The zero-order valence-electron chi connectivity index (χ0n) is 10.5. The van der Waals surface area contributed by atoms with Gasteiger partial charge in [-0.25, -0.2) is 0 Å². The van der Waals surface area contributed by atoms with Gasteiger partial charge in [0.15, 0.2) is 11.5 Å². The number of fused-ring (bicyclic) bond motifs is 1. The second kappa shape index (κ2) is 5.18. The molecule has 0 radical (unpaired) electrons. The first-order chi connectivity index (χ1) is 8.49. The van der Waals surface area contributed by atoms with Gasteiger partial charge in [-0.3, -0.25) is 4.79 Å². The predicted octanol–water partition coefficient (Wildman–Crippen LogP) is 2.84. The monoisotopic (exact) mass is 313 g/mol. The number of nitrogens with one attached hydrogen (secondary N) is 1. The number of benzene rings is 1. The van der Waals surface area contributed by atoms with E-state index < -0.39 is 0 Å². The molecule has 5 heteroatoms. The molecule has 0 spiro atoms. The predicted molar refractivity (Wildman–Crippen MR) is 72.8 cm³/mol. The van der Waals surface area contributed by atoms with Gasteiger partial charge in [-0.2, -0.15) is 0 Å². The molecule has 1 aromatic carbocycles. The summed E-state index contributed by atoms with van der Waals surface area (Å²) < 4.78 is 11.1. The summed E-state index contributed by atoms with van der Waals surface area (Å²) in [6.07, 6.45) is 0. The Kier molecular flexibility index (Phi) is 3.80. The molecule has 98 valence electrons. The van der Waals surface area contributed by atoms with Crippen molar-refractivity contribution in [3.8, 4) is 11.5 Å². The molecule has 1 heterocycles. The first-order valence-electron chi connectivity index (χ1n) is 5.82. The Bertz CT molecular complexity index is 460. The highest BCUT2D eigenvalue weighted by molar-refractivity contribution is 9.18. The standard InChI is InChI=1S/C13H16BrNO3/c1-13(2,8-15-12(14)16)9-3-4-10-11(7-9)18-6-5-17-10/h3-4,7H,5-6,8H2,1-2H3,(H,15,16). The van der Waals surface area contributed by atoms with E-state index >= 15 is 0 Å². The number of carbonyl (C=O) groups is 1. The second-order valence-electron chi connectivity index (χ2n) is 4.87. The van der Waals surface area contributed by atoms with Crippen LogP contribution in [0, 0.1) is 0 Å². The van der Waals surface area contributed by atoms with Crippen LogP contribution in [0.1, 0.15) is 19.4 Å². The number of rotatable bonds is 3. The Morgan fingerprint density at radius 1 is 1.33 bits per heavy atom. The summed E-state index contributed by atoms with van der Waals surface area (Å²) in [7, 11) is 0. The van der Waals surface area contributed by atoms with Crippen molar-refractivity contribution in [3.63, 3.8) is 0 Å². The highest BCUT2D eigenvalue weighted by atomic mass is 79.9. The van der Waals surface area contributed by atoms with Crippen LogP contribution < -0.4 is 14.8 Å². The molecule has 0 aromatic heterocycles. The van der Waals surface area contributed by atoms with Crippen LogP contribution in [0.5, 0.6) is 11.5 Å². The van der Waals surface area contributed by atoms with Gasteiger partial charge in [-0.15, -0.1) is 0 Å². The lowest BCUT2D eigenvalue weighted by atomic mass is 9.84. The Hall–Kier alpha value is -1.23. The van der Waals surface area contributed by atoms with Crippen LogP contribution in [0.25, 0.3) is 0 Å². The van der Waals surface area contributed by atoms with Crippen molar-refractivity contribution < 1.29 is 14.3 Å².